The van der Waals surface area contributed by atoms with Crippen LogP contribution in [0.2, 0.25) is 0 Å². The molecule has 38 heavy (non-hydrogen) atoms. The Labute approximate surface area is 223 Å². The van der Waals surface area contributed by atoms with Gasteiger partial charge in [0.1, 0.15) is 17.4 Å². The topological polar surface area (TPSA) is 88.2 Å². The van der Waals surface area contributed by atoms with E-state index in [-0.39, 0.29) is 23.5 Å². The van der Waals surface area contributed by atoms with Crippen LogP contribution in [0.25, 0.3) is 0 Å². The highest BCUT2D eigenvalue weighted by molar-refractivity contribution is 5.96. The number of esters is 1. The number of amides is 3. The molecule has 3 amide bonds. The van der Waals surface area contributed by atoms with Crippen LogP contribution in [0.1, 0.15) is 47.9 Å². The summed E-state index contributed by atoms with van der Waals surface area (Å²) in [6.45, 7) is 5.08. The van der Waals surface area contributed by atoms with Gasteiger partial charge < -0.3 is 24.6 Å². The van der Waals surface area contributed by atoms with E-state index in [4.69, 9.17) is 9.47 Å². The van der Waals surface area contributed by atoms with Crippen LogP contribution in [0.4, 0.5) is 10.5 Å². The normalized spacial score (nSPS) is 14.7. The third kappa shape index (κ3) is 6.14. The maximum Gasteiger partial charge on any atom is 0.341 e. The van der Waals surface area contributed by atoms with Crippen LogP contribution in [-0.4, -0.2) is 60.5 Å². The van der Waals surface area contributed by atoms with Crippen LogP contribution in [0, 0.1) is 0 Å². The molecule has 1 fully saturated rings. The van der Waals surface area contributed by atoms with Crippen molar-refractivity contribution in [3.63, 3.8) is 0 Å². The van der Waals surface area contributed by atoms with Crippen LogP contribution < -0.4 is 10.1 Å². The van der Waals surface area contributed by atoms with E-state index in [1.54, 1.807) is 34.9 Å². The van der Waals surface area contributed by atoms with Gasteiger partial charge in [0.05, 0.1) is 13.2 Å². The smallest absolute Gasteiger partial charge is 0.341 e. The summed E-state index contributed by atoms with van der Waals surface area (Å²) in [6, 6.07) is 24.2. The predicted octanol–water partition coefficient (Wildman–Crippen LogP) is 5.12. The number of methoxy groups -OCH3 is 1. The fourth-order valence-corrected chi connectivity index (χ4v) is 4.81. The van der Waals surface area contributed by atoms with E-state index < -0.39 is 12.1 Å². The molecule has 8 heteroatoms. The summed E-state index contributed by atoms with van der Waals surface area (Å²) in [7, 11) is 1.31. The summed E-state index contributed by atoms with van der Waals surface area (Å²) in [5.74, 6) is -0.228. The zero-order valence-corrected chi connectivity index (χ0v) is 21.9. The standard InChI is InChI=1S/C30H33N3O5/c1-4-33(21(2)34)25-17-18-32(20-25)30(36)31-24-15-16-27(26(19-24)29(35)37-3)38-28(22-11-7-5-8-12-22)23-13-9-6-10-14-23/h5-16,19,25,28H,4,17-18,20H2,1-3H3,(H,31,36). The molecule has 1 heterocycles. The fourth-order valence-electron chi connectivity index (χ4n) is 4.81. The molecule has 0 radical (unpaired) electrons. The fraction of sp³-hybridized carbons (Fsp3) is 0.300. The molecule has 3 aromatic rings. The van der Waals surface area contributed by atoms with Crippen molar-refractivity contribution in [2.75, 3.05) is 32.1 Å². The van der Waals surface area contributed by atoms with Gasteiger partial charge >= 0.3 is 12.0 Å². The average molecular weight is 516 g/mol. The van der Waals surface area contributed by atoms with Crippen LogP contribution in [-0.2, 0) is 9.53 Å². The Kier molecular flexibility index (Phi) is 8.63. The Balaban J connectivity index is 1.55. The molecule has 0 aliphatic carbocycles. The number of rotatable bonds is 8. The summed E-state index contributed by atoms with van der Waals surface area (Å²) in [6.07, 6.45) is 0.270. The zero-order valence-electron chi connectivity index (χ0n) is 21.9. The van der Waals surface area contributed by atoms with Crippen LogP contribution >= 0.6 is 0 Å². The van der Waals surface area contributed by atoms with Gasteiger partial charge in [-0.15, -0.1) is 0 Å². The number of carbonyl (C=O) groups is 3. The molecule has 1 unspecified atom stereocenters. The lowest BCUT2D eigenvalue weighted by Crippen LogP contribution is -2.42. The number of ether oxygens (including phenoxy) is 2. The molecule has 4 rings (SSSR count). The van der Waals surface area contributed by atoms with Gasteiger partial charge in [0, 0.05) is 32.2 Å². The Bertz CT molecular complexity index is 1230. The van der Waals surface area contributed by atoms with Crippen LogP contribution in [0.3, 0.4) is 0 Å². The summed E-state index contributed by atoms with van der Waals surface area (Å²) < 4.78 is 11.4. The van der Waals surface area contributed by atoms with Gasteiger partial charge in [-0.2, -0.15) is 0 Å². The Morgan fingerprint density at radius 3 is 2.18 bits per heavy atom. The van der Waals surface area contributed by atoms with Crippen molar-refractivity contribution in [3.05, 3.63) is 95.6 Å². The molecule has 1 saturated heterocycles. The van der Waals surface area contributed by atoms with Crippen molar-refractivity contribution in [1.82, 2.24) is 9.80 Å². The second-order valence-electron chi connectivity index (χ2n) is 9.15. The average Bonchev–Trinajstić information content (AvgIpc) is 3.43. The molecular formula is C30H33N3O5. The molecular weight excluding hydrogens is 482 g/mol. The third-order valence-electron chi connectivity index (χ3n) is 6.72. The largest absolute Gasteiger partial charge is 0.480 e. The molecule has 198 valence electrons. The lowest BCUT2D eigenvalue weighted by molar-refractivity contribution is -0.130. The van der Waals surface area contributed by atoms with Gasteiger partial charge in [0.15, 0.2) is 0 Å². The van der Waals surface area contributed by atoms with Gasteiger partial charge in [-0.25, -0.2) is 9.59 Å². The summed E-state index contributed by atoms with van der Waals surface area (Å²) in [5.41, 5.74) is 2.51. The number of likely N-dealkylation sites (tertiary alicyclic amines) is 1. The van der Waals surface area contributed by atoms with E-state index in [0.717, 1.165) is 17.5 Å². The first kappa shape index (κ1) is 26.7. The van der Waals surface area contributed by atoms with Gasteiger partial charge in [0.2, 0.25) is 5.91 Å². The highest BCUT2D eigenvalue weighted by Gasteiger charge is 2.31. The van der Waals surface area contributed by atoms with Crippen molar-refractivity contribution in [3.8, 4) is 5.75 Å². The maximum absolute atomic E-state index is 13.0. The highest BCUT2D eigenvalue weighted by Crippen LogP contribution is 2.32. The SMILES string of the molecule is CCN(C(C)=O)C1CCN(C(=O)Nc2ccc(OC(c3ccccc3)c3ccccc3)c(C(=O)OC)c2)C1. The number of carbonyl (C=O) groups excluding carboxylic acids is 3. The molecule has 1 N–H and O–H groups in total. The zero-order chi connectivity index (χ0) is 27.1. The Morgan fingerprint density at radius 2 is 1.63 bits per heavy atom. The molecule has 0 saturated carbocycles. The minimum absolute atomic E-state index is 0.00220. The number of anilines is 1. The number of nitrogens with zero attached hydrogens (tertiary/aromatic N) is 2. The first-order chi connectivity index (χ1) is 18.4. The summed E-state index contributed by atoms with van der Waals surface area (Å²) >= 11 is 0. The Hall–Kier alpha value is -4.33. The maximum atomic E-state index is 13.0. The lowest BCUT2D eigenvalue weighted by Gasteiger charge is -2.26. The monoisotopic (exact) mass is 515 g/mol. The molecule has 0 spiro atoms. The quantitative estimate of drug-likeness (QED) is 0.421. The number of benzene rings is 3. The molecule has 3 aromatic carbocycles. The number of urea groups is 1. The number of likely N-dealkylation sites (N-methyl/N-ethyl adjacent to an activating group) is 1. The number of nitrogens with one attached hydrogen (secondary N) is 1. The second-order valence-corrected chi connectivity index (χ2v) is 9.15. The van der Waals surface area contributed by atoms with Gasteiger partial charge in [-0.05, 0) is 42.7 Å². The van der Waals surface area contributed by atoms with Crippen molar-refractivity contribution in [2.45, 2.75) is 32.4 Å². The molecule has 0 bridgehead atoms. The Morgan fingerprint density at radius 1 is 1.00 bits per heavy atom. The van der Waals surface area contributed by atoms with Crippen molar-refractivity contribution < 1.29 is 23.9 Å². The summed E-state index contributed by atoms with van der Waals surface area (Å²) in [4.78, 5) is 41.1. The number of hydrogen-bond donors (Lipinski definition) is 1. The first-order valence-electron chi connectivity index (χ1n) is 12.7. The van der Waals surface area contributed by atoms with Crippen LogP contribution in [0.5, 0.6) is 5.75 Å². The highest BCUT2D eigenvalue weighted by atomic mass is 16.5. The predicted molar refractivity (Wildman–Crippen MR) is 145 cm³/mol. The minimum Gasteiger partial charge on any atom is -0.480 e. The molecule has 1 aliphatic heterocycles. The van der Waals surface area contributed by atoms with Crippen molar-refractivity contribution in [1.29, 1.82) is 0 Å². The second kappa shape index (κ2) is 12.3. The van der Waals surface area contributed by atoms with Gasteiger partial charge in [-0.1, -0.05) is 60.7 Å². The van der Waals surface area contributed by atoms with E-state index >= 15 is 0 Å². The summed E-state index contributed by atoms with van der Waals surface area (Å²) in [5, 5.41) is 2.87. The van der Waals surface area contributed by atoms with Crippen molar-refractivity contribution in [2.24, 2.45) is 0 Å². The molecule has 8 nitrogen and oxygen atoms in total. The van der Waals surface area contributed by atoms with Gasteiger partial charge in [0.25, 0.3) is 0 Å². The minimum atomic E-state index is -0.572. The van der Waals surface area contributed by atoms with E-state index in [9.17, 15) is 14.4 Å². The van der Waals surface area contributed by atoms with E-state index in [1.165, 1.54) is 7.11 Å². The molecule has 0 aromatic heterocycles. The van der Waals surface area contributed by atoms with Gasteiger partial charge in [-0.3, -0.25) is 4.79 Å². The van der Waals surface area contributed by atoms with E-state index in [2.05, 4.69) is 5.32 Å². The first-order valence-corrected chi connectivity index (χ1v) is 12.7. The van der Waals surface area contributed by atoms with Crippen LogP contribution in [0.15, 0.2) is 78.9 Å². The number of hydrogen-bond acceptors (Lipinski definition) is 5. The molecule has 1 aliphatic rings. The van der Waals surface area contributed by atoms with E-state index in [1.807, 2.05) is 67.6 Å². The van der Waals surface area contributed by atoms with Crippen molar-refractivity contribution >= 4 is 23.6 Å². The third-order valence-corrected chi connectivity index (χ3v) is 6.72. The molecule has 1 atom stereocenters. The van der Waals surface area contributed by atoms with E-state index in [0.29, 0.717) is 31.1 Å². The lowest BCUT2D eigenvalue weighted by atomic mass is 10.0.